The predicted octanol–water partition coefficient (Wildman–Crippen LogP) is 0.931. The number of aromatic nitrogens is 1. The average molecular weight is 264 g/mol. The van der Waals surface area contributed by atoms with Gasteiger partial charge in [0.1, 0.15) is 6.04 Å². The van der Waals surface area contributed by atoms with Gasteiger partial charge in [0, 0.05) is 19.4 Å². The highest BCUT2D eigenvalue weighted by molar-refractivity contribution is 6.01. The summed E-state index contributed by atoms with van der Waals surface area (Å²) >= 11 is 0. The van der Waals surface area contributed by atoms with E-state index in [1.807, 2.05) is 0 Å². The van der Waals surface area contributed by atoms with Crippen LogP contribution in [0.3, 0.4) is 0 Å². The van der Waals surface area contributed by atoms with E-state index >= 15 is 0 Å². The van der Waals surface area contributed by atoms with Gasteiger partial charge in [-0.1, -0.05) is 0 Å². The maximum Gasteiger partial charge on any atom is 0.329 e. The molecule has 0 fully saturated rings. The van der Waals surface area contributed by atoms with Gasteiger partial charge in [0.15, 0.2) is 0 Å². The summed E-state index contributed by atoms with van der Waals surface area (Å²) in [5.74, 6) is -0.136. The van der Waals surface area contributed by atoms with Gasteiger partial charge in [-0.05, 0) is 12.5 Å². The molecule has 1 aliphatic heterocycles. The second-order valence-corrected chi connectivity index (χ2v) is 4.22. The van der Waals surface area contributed by atoms with E-state index in [1.165, 1.54) is 18.9 Å². The lowest BCUT2D eigenvalue weighted by Gasteiger charge is -2.22. The minimum absolute atomic E-state index is 0.205. The Morgan fingerprint density at radius 2 is 2.26 bits per heavy atom. The van der Waals surface area contributed by atoms with E-state index in [0.717, 1.165) is 5.56 Å². The molecule has 19 heavy (non-hydrogen) atoms. The molecule has 0 saturated carbocycles. The van der Waals surface area contributed by atoms with Crippen LogP contribution in [0.2, 0.25) is 0 Å². The number of methoxy groups -OCH3 is 1. The Morgan fingerprint density at radius 3 is 2.84 bits per heavy atom. The van der Waals surface area contributed by atoms with Gasteiger partial charge in [-0.25, -0.2) is 9.78 Å². The highest BCUT2D eigenvalue weighted by Gasteiger charge is 2.38. The first-order chi connectivity index (χ1) is 9.08. The Morgan fingerprint density at radius 1 is 1.53 bits per heavy atom. The van der Waals surface area contributed by atoms with Crippen LogP contribution in [-0.2, 0) is 20.7 Å². The smallest absolute Gasteiger partial charge is 0.329 e. The number of anilines is 1. The second kappa shape index (κ2) is 5.26. The van der Waals surface area contributed by atoms with Gasteiger partial charge < -0.3 is 9.47 Å². The molecule has 1 unspecified atom stereocenters. The van der Waals surface area contributed by atoms with Crippen LogP contribution < -0.4 is 9.64 Å². The number of carbonyl (C=O) groups is 2. The summed E-state index contributed by atoms with van der Waals surface area (Å²) in [5, 5.41) is 0. The van der Waals surface area contributed by atoms with Gasteiger partial charge in [-0.3, -0.25) is 9.69 Å². The van der Waals surface area contributed by atoms with Crippen LogP contribution in [0.1, 0.15) is 19.4 Å². The molecule has 6 nitrogen and oxygen atoms in total. The van der Waals surface area contributed by atoms with Gasteiger partial charge in [-0.2, -0.15) is 0 Å². The van der Waals surface area contributed by atoms with Crippen molar-refractivity contribution in [1.29, 1.82) is 0 Å². The van der Waals surface area contributed by atoms with Gasteiger partial charge in [0.25, 0.3) is 0 Å². The van der Waals surface area contributed by atoms with E-state index in [1.54, 1.807) is 19.2 Å². The Balaban J connectivity index is 2.36. The Hall–Kier alpha value is -2.11. The Bertz CT molecular complexity index is 515. The second-order valence-electron chi connectivity index (χ2n) is 4.22. The lowest BCUT2D eigenvalue weighted by molar-refractivity contribution is -0.145. The van der Waals surface area contributed by atoms with Crippen molar-refractivity contribution in [3.05, 3.63) is 17.8 Å². The fourth-order valence-corrected chi connectivity index (χ4v) is 2.24. The van der Waals surface area contributed by atoms with Crippen LogP contribution in [0.15, 0.2) is 12.3 Å². The largest absolute Gasteiger partial charge is 0.481 e. The normalized spacial score (nSPS) is 17.0. The zero-order valence-corrected chi connectivity index (χ0v) is 11.2. The van der Waals surface area contributed by atoms with Crippen molar-refractivity contribution < 1.29 is 19.1 Å². The Kier molecular flexibility index (Phi) is 3.69. The maximum atomic E-state index is 11.9. The van der Waals surface area contributed by atoms with Crippen molar-refractivity contribution in [2.24, 2.45) is 0 Å². The SMILES string of the molecule is CCOC(=O)C1Cc2cc(OC)ncc2N1C(C)=O. The summed E-state index contributed by atoms with van der Waals surface area (Å²) in [5.41, 5.74) is 1.51. The van der Waals surface area contributed by atoms with Crippen molar-refractivity contribution in [1.82, 2.24) is 4.98 Å². The maximum absolute atomic E-state index is 11.9. The molecule has 6 heteroatoms. The highest BCUT2D eigenvalue weighted by Crippen LogP contribution is 2.34. The van der Waals surface area contributed by atoms with Crippen LogP contribution in [0.25, 0.3) is 0 Å². The molecule has 102 valence electrons. The molecule has 2 rings (SSSR count). The van der Waals surface area contributed by atoms with E-state index < -0.39 is 12.0 Å². The van der Waals surface area contributed by atoms with E-state index in [9.17, 15) is 9.59 Å². The third-order valence-corrected chi connectivity index (χ3v) is 3.03. The molecule has 1 amide bonds. The number of hydrogen-bond acceptors (Lipinski definition) is 5. The van der Waals surface area contributed by atoms with Gasteiger partial charge in [0.2, 0.25) is 11.8 Å². The average Bonchev–Trinajstić information content (AvgIpc) is 2.77. The molecule has 0 spiro atoms. The van der Waals surface area contributed by atoms with Crippen LogP contribution in [0.4, 0.5) is 5.69 Å². The van der Waals surface area contributed by atoms with Gasteiger partial charge >= 0.3 is 5.97 Å². The number of nitrogens with zero attached hydrogens (tertiary/aromatic N) is 2. The number of pyridine rings is 1. The third kappa shape index (κ3) is 2.38. The number of esters is 1. The molecule has 1 atom stereocenters. The van der Waals surface area contributed by atoms with Crippen LogP contribution in [0.5, 0.6) is 5.88 Å². The van der Waals surface area contributed by atoms with Crippen molar-refractivity contribution >= 4 is 17.6 Å². The molecule has 0 aliphatic carbocycles. The molecule has 0 N–H and O–H groups in total. The van der Waals surface area contributed by atoms with E-state index in [-0.39, 0.29) is 5.91 Å². The van der Waals surface area contributed by atoms with Gasteiger partial charge in [0.05, 0.1) is 25.6 Å². The summed E-state index contributed by atoms with van der Waals surface area (Å²) in [6, 6.07) is 1.13. The topological polar surface area (TPSA) is 68.7 Å². The summed E-state index contributed by atoms with van der Waals surface area (Å²) < 4.78 is 10.1. The number of ether oxygens (including phenoxy) is 2. The lowest BCUT2D eigenvalue weighted by Crippen LogP contribution is -2.42. The first-order valence-corrected chi connectivity index (χ1v) is 6.07. The minimum atomic E-state index is -0.610. The van der Waals surface area contributed by atoms with Crippen molar-refractivity contribution in [2.45, 2.75) is 26.3 Å². The lowest BCUT2D eigenvalue weighted by atomic mass is 10.1. The summed E-state index contributed by atoms with van der Waals surface area (Å²) in [7, 11) is 1.52. The molecule has 0 aromatic carbocycles. The molecule has 1 aromatic heterocycles. The summed E-state index contributed by atoms with van der Waals surface area (Å²) in [6.07, 6.45) is 1.97. The predicted molar refractivity (Wildman–Crippen MR) is 68.1 cm³/mol. The molecule has 1 aromatic rings. The first kappa shape index (κ1) is 13.3. The number of rotatable bonds is 3. The fraction of sp³-hybridized carbons (Fsp3) is 0.462. The van der Waals surface area contributed by atoms with Crippen LogP contribution >= 0.6 is 0 Å². The number of hydrogen-bond donors (Lipinski definition) is 0. The van der Waals surface area contributed by atoms with E-state index in [0.29, 0.717) is 24.6 Å². The van der Waals surface area contributed by atoms with Crippen molar-refractivity contribution in [2.75, 3.05) is 18.6 Å². The minimum Gasteiger partial charge on any atom is -0.481 e. The molecule has 0 saturated heterocycles. The van der Waals surface area contributed by atoms with Gasteiger partial charge in [-0.15, -0.1) is 0 Å². The number of amides is 1. The molecule has 1 aliphatic rings. The highest BCUT2D eigenvalue weighted by atomic mass is 16.5. The monoisotopic (exact) mass is 264 g/mol. The molecule has 2 heterocycles. The van der Waals surface area contributed by atoms with Crippen LogP contribution in [-0.4, -0.2) is 36.6 Å². The third-order valence-electron chi connectivity index (χ3n) is 3.03. The first-order valence-electron chi connectivity index (χ1n) is 6.07. The molecule has 0 radical (unpaired) electrons. The van der Waals surface area contributed by atoms with E-state index in [2.05, 4.69) is 4.98 Å². The summed E-state index contributed by atoms with van der Waals surface area (Å²) in [6.45, 7) is 3.45. The zero-order chi connectivity index (χ0) is 14.0. The molecular weight excluding hydrogens is 248 g/mol. The standard InChI is InChI=1S/C13H16N2O4/c1-4-19-13(17)10-5-9-6-12(18-3)14-7-11(9)15(10)8(2)16/h6-7,10H,4-5H2,1-3H3. The van der Waals surface area contributed by atoms with Crippen molar-refractivity contribution in [3.63, 3.8) is 0 Å². The quantitative estimate of drug-likeness (QED) is 0.760. The van der Waals surface area contributed by atoms with Crippen LogP contribution in [0, 0.1) is 0 Å². The Labute approximate surface area is 111 Å². The summed E-state index contributed by atoms with van der Waals surface area (Å²) in [4.78, 5) is 29.2. The number of fused-ring (bicyclic) bond motifs is 1. The molecule has 0 bridgehead atoms. The van der Waals surface area contributed by atoms with E-state index in [4.69, 9.17) is 9.47 Å². The van der Waals surface area contributed by atoms with Crippen molar-refractivity contribution in [3.8, 4) is 5.88 Å². The zero-order valence-electron chi connectivity index (χ0n) is 11.2. The molecular formula is C13H16N2O4. The number of carbonyl (C=O) groups excluding carboxylic acids is 2. The fourth-order valence-electron chi connectivity index (χ4n) is 2.24.